The largest absolute Gasteiger partial charge is 0.482 e. The predicted octanol–water partition coefficient (Wildman–Crippen LogP) is 3.64. The van der Waals surface area contributed by atoms with E-state index < -0.39 is 0 Å². The summed E-state index contributed by atoms with van der Waals surface area (Å²) in [5, 5.41) is 9.44. The number of furan rings is 1. The minimum Gasteiger partial charge on any atom is -0.482 e. The van der Waals surface area contributed by atoms with Gasteiger partial charge in [-0.1, -0.05) is 0 Å². The van der Waals surface area contributed by atoms with E-state index in [0.717, 1.165) is 21.8 Å². The Hall–Kier alpha value is -3.13. The number of ether oxygens (including phenoxy) is 1. The molecule has 8 heteroatoms. The van der Waals surface area contributed by atoms with Crippen LogP contribution in [0.3, 0.4) is 0 Å². The van der Waals surface area contributed by atoms with E-state index in [1.54, 1.807) is 10.9 Å². The summed E-state index contributed by atoms with van der Waals surface area (Å²) in [7, 11) is 0. The van der Waals surface area contributed by atoms with Crippen LogP contribution in [-0.2, 0) is 4.79 Å². The van der Waals surface area contributed by atoms with Crippen LogP contribution in [0.1, 0.15) is 25.4 Å². The highest BCUT2D eigenvalue weighted by Gasteiger charge is 2.17. The average molecular weight is 396 g/mol. The molecule has 1 aromatic carbocycles. The molecule has 0 saturated carbocycles. The number of hydrogen-bond acceptors (Lipinski definition) is 6. The molecule has 0 aliphatic carbocycles. The van der Waals surface area contributed by atoms with Crippen LogP contribution in [0.15, 0.2) is 50.2 Å². The second-order valence-electron chi connectivity index (χ2n) is 6.68. The molecule has 3 aromatic rings. The summed E-state index contributed by atoms with van der Waals surface area (Å²) in [6, 6.07) is 9.58. The standard InChI is InChI=1S/C20H20N4O3S/c1-12(2)22-20-24(21-9-15-6-4-13(3)27-15)17(11-28-20)14-5-7-18-16(8-14)23-19(25)10-26-18/h4-9,11-12H,10H2,1-3H3,(H,23,25). The summed E-state index contributed by atoms with van der Waals surface area (Å²) >= 11 is 1.51. The van der Waals surface area contributed by atoms with E-state index in [1.165, 1.54) is 11.3 Å². The van der Waals surface area contributed by atoms with Gasteiger partial charge in [0.15, 0.2) is 6.61 Å². The Morgan fingerprint density at radius 3 is 2.89 bits per heavy atom. The van der Waals surface area contributed by atoms with E-state index in [0.29, 0.717) is 17.2 Å². The number of hydrogen-bond donors (Lipinski definition) is 1. The number of fused-ring (bicyclic) bond motifs is 1. The number of nitrogens with one attached hydrogen (secondary N) is 1. The van der Waals surface area contributed by atoms with Crippen molar-refractivity contribution in [2.45, 2.75) is 26.8 Å². The molecule has 0 bridgehead atoms. The number of aromatic nitrogens is 1. The van der Waals surface area contributed by atoms with Gasteiger partial charge >= 0.3 is 0 Å². The highest BCUT2D eigenvalue weighted by atomic mass is 32.1. The van der Waals surface area contributed by atoms with Crippen LogP contribution in [0.2, 0.25) is 0 Å². The van der Waals surface area contributed by atoms with Crippen LogP contribution in [0.4, 0.5) is 5.69 Å². The van der Waals surface area contributed by atoms with E-state index in [9.17, 15) is 4.79 Å². The zero-order valence-electron chi connectivity index (χ0n) is 15.8. The molecule has 0 unspecified atom stereocenters. The first kappa shape index (κ1) is 18.2. The lowest BCUT2D eigenvalue weighted by atomic mass is 10.1. The fourth-order valence-corrected chi connectivity index (χ4v) is 3.77. The molecule has 144 valence electrons. The number of rotatable bonds is 4. The fraction of sp³-hybridized carbons (Fsp3) is 0.250. The molecule has 7 nitrogen and oxygen atoms in total. The van der Waals surface area contributed by atoms with Crippen molar-refractivity contribution in [3.63, 3.8) is 0 Å². The summed E-state index contributed by atoms with van der Waals surface area (Å²) in [5.41, 5.74) is 2.42. The second kappa shape index (κ2) is 7.47. The number of aryl methyl sites for hydroxylation is 1. The van der Waals surface area contributed by atoms with Crippen LogP contribution >= 0.6 is 11.3 Å². The molecule has 4 rings (SSSR count). The first-order valence-electron chi connectivity index (χ1n) is 8.92. The van der Waals surface area contributed by atoms with Gasteiger partial charge in [0.2, 0.25) is 4.80 Å². The maximum absolute atomic E-state index is 11.6. The van der Waals surface area contributed by atoms with Crippen molar-refractivity contribution in [2.24, 2.45) is 10.1 Å². The van der Waals surface area contributed by atoms with Crippen molar-refractivity contribution < 1.29 is 13.9 Å². The van der Waals surface area contributed by atoms with E-state index in [2.05, 4.69) is 15.4 Å². The highest BCUT2D eigenvalue weighted by Crippen LogP contribution is 2.32. The molecule has 0 atom stereocenters. The van der Waals surface area contributed by atoms with Gasteiger partial charge in [-0.15, -0.1) is 11.3 Å². The third-order valence-corrected chi connectivity index (χ3v) is 4.85. The minimum absolute atomic E-state index is 0.0368. The number of thiazole rings is 1. The normalized spacial score (nSPS) is 14.4. The zero-order valence-corrected chi connectivity index (χ0v) is 16.6. The lowest BCUT2D eigenvalue weighted by Gasteiger charge is -2.18. The topological polar surface area (TPSA) is 81.1 Å². The van der Waals surface area contributed by atoms with Gasteiger partial charge in [0, 0.05) is 17.0 Å². The first-order valence-corrected chi connectivity index (χ1v) is 9.80. The van der Waals surface area contributed by atoms with Gasteiger partial charge in [-0.05, 0) is 51.1 Å². The van der Waals surface area contributed by atoms with Crippen molar-refractivity contribution in [1.29, 1.82) is 0 Å². The van der Waals surface area contributed by atoms with Gasteiger partial charge in [0.1, 0.15) is 17.3 Å². The van der Waals surface area contributed by atoms with Crippen molar-refractivity contribution in [3.8, 4) is 17.0 Å². The van der Waals surface area contributed by atoms with E-state index >= 15 is 0 Å². The van der Waals surface area contributed by atoms with Gasteiger partial charge in [-0.25, -0.2) is 4.68 Å². The number of anilines is 1. The van der Waals surface area contributed by atoms with Crippen LogP contribution in [0.5, 0.6) is 5.75 Å². The Bertz CT molecular complexity index is 1120. The van der Waals surface area contributed by atoms with Crippen LogP contribution in [0, 0.1) is 6.92 Å². The summed E-state index contributed by atoms with van der Waals surface area (Å²) in [5.74, 6) is 1.99. The zero-order chi connectivity index (χ0) is 19.7. The highest BCUT2D eigenvalue weighted by molar-refractivity contribution is 7.07. The fourth-order valence-electron chi connectivity index (χ4n) is 2.80. The molecule has 1 aliphatic heterocycles. The van der Waals surface area contributed by atoms with E-state index in [4.69, 9.17) is 9.15 Å². The molecule has 0 saturated heterocycles. The van der Waals surface area contributed by atoms with Gasteiger partial charge in [-0.2, -0.15) is 5.10 Å². The van der Waals surface area contributed by atoms with Crippen molar-refractivity contribution in [3.05, 3.63) is 52.0 Å². The van der Waals surface area contributed by atoms with Gasteiger partial charge < -0.3 is 14.5 Å². The molecular formula is C20H20N4O3S. The summed E-state index contributed by atoms with van der Waals surface area (Å²) in [4.78, 5) is 17.1. The minimum atomic E-state index is -0.162. The lowest BCUT2D eigenvalue weighted by molar-refractivity contribution is -0.118. The maximum atomic E-state index is 11.6. The Balaban J connectivity index is 1.79. The van der Waals surface area contributed by atoms with Crippen LogP contribution in [-0.4, -0.2) is 29.4 Å². The number of nitrogens with zero attached hydrogens (tertiary/aromatic N) is 3. The lowest BCUT2D eigenvalue weighted by Crippen LogP contribution is -2.25. The molecule has 2 aromatic heterocycles. The Labute approximate surface area is 166 Å². The summed E-state index contributed by atoms with van der Waals surface area (Å²) < 4.78 is 12.8. The Kier molecular flexibility index (Phi) is 4.87. The molecule has 1 N–H and O–H groups in total. The smallest absolute Gasteiger partial charge is 0.262 e. The van der Waals surface area contributed by atoms with Gasteiger partial charge in [0.25, 0.3) is 5.91 Å². The average Bonchev–Trinajstić information content (AvgIpc) is 3.24. The molecule has 0 radical (unpaired) electrons. The molecule has 0 spiro atoms. The molecule has 28 heavy (non-hydrogen) atoms. The third-order valence-electron chi connectivity index (χ3n) is 4.02. The van der Waals surface area contributed by atoms with Crippen molar-refractivity contribution in [1.82, 2.24) is 4.68 Å². The maximum Gasteiger partial charge on any atom is 0.262 e. The van der Waals surface area contributed by atoms with Gasteiger partial charge in [0.05, 0.1) is 17.6 Å². The summed E-state index contributed by atoms with van der Waals surface area (Å²) in [6.45, 7) is 5.97. The quantitative estimate of drug-likeness (QED) is 0.684. The van der Waals surface area contributed by atoms with E-state index in [-0.39, 0.29) is 18.6 Å². The second-order valence-corrected chi connectivity index (χ2v) is 7.52. The molecular weight excluding hydrogens is 376 g/mol. The number of carbonyl (C=O) groups excluding carboxylic acids is 1. The third kappa shape index (κ3) is 3.77. The number of carbonyl (C=O) groups is 1. The number of benzene rings is 1. The summed E-state index contributed by atoms with van der Waals surface area (Å²) in [6.07, 6.45) is 1.67. The molecule has 3 heterocycles. The van der Waals surface area contributed by atoms with Crippen LogP contribution in [0.25, 0.3) is 11.3 Å². The van der Waals surface area contributed by atoms with Crippen LogP contribution < -0.4 is 14.9 Å². The number of amides is 1. The SMILES string of the molecule is Cc1ccc(C=Nn2c(-c3ccc4c(c3)NC(=O)CO4)csc2=NC(C)C)o1. The van der Waals surface area contributed by atoms with Gasteiger partial charge in [-0.3, -0.25) is 9.79 Å². The molecule has 1 amide bonds. The van der Waals surface area contributed by atoms with Crippen molar-refractivity contribution >= 4 is 29.1 Å². The first-order chi connectivity index (χ1) is 13.5. The monoisotopic (exact) mass is 396 g/mol. The van der Waals surface area contributed by atoms with E-state index in [1.807, 2.05) is 56.5 Å². The Morgan fingerprint density at radius 1 is 1.29 bits per heavy atom. The molecule has 1 aliphatic rings. The molecule has 0 fully saturated rings. The Morgan fingerprint density at radius 2 is 2.14 bits per heavy atom. The predicted molar refractivity (Wildman–Crippen MR) is 109 cm³/mol. The van der Waals surface area contributed by atoms with Crippen molar-refractivity contribution in [2.75, 3.05) is 11.9 Å².